The molecule has 2 saturated heterocycles. The normalized spacial score (nSPS) is 26.1. The molecule has 0 aliphatic carbocycles. The zero-order valence-corrected chi connectivity index (χ0v) is 12.4. The van der Waals surface area contributed by atoms with Crippen LogP contribution in [0, 0.1) is 12.8 Å². The van der Waals surface area contributed by atoms with Gasteiger partial charge in [0.25, 0.3) is 5.91 Å². The Balaban J connectivity index is 1.96. The fourth-order valence-electron chi connectivity index (χ4n) is 2.93. The molecule has 2 atom stereocenters. The number of benzene rings is 1. The maximum atomic E-state index is 12.5. The molecule has 2 aliphatic heterocycles. The summed E-state index contributed by atoms with van der Waals surface area (Å²) in [6.45, 7) is 4.68. The van der Waals surface area contributed by atoms with Gasteiger partial charge in [0.1, 0.15) is 6.04 Å². The first kappa shape index (κ1) is 13.4. The minimum atomic E-state index is -0.300. The molecule has 2 fully saturated rings. The second-order valence-electron chi connectivity index (χ2n) is 5.73. The number of amides is 3. The number of piperidine rings is 1. The number of carbonyl (C=O) groups excluding carboxylic acids is 2. The molecule has 0 spiro atoms. The Hall–Kier alpha value is -1.55. The molecule has 3 rings (SSSR count). The standard InChI is InChI=1S/C15H17ClN2O2/c1-9-5-6-17-13(7-9)14(19)18(15(17)20)11-4-3-10(2)12(16)8-11/h3-4,8-9,13H,5-7H2,1-2H3. The lowest BCUT2D eigenvalue weighted by molar-refractivity contribution is -0.120. The van der Waals surface area contributed by atoms with E-state index in [4.69, 9.17) is 11.6 Å². The molecule has 2 unspecified atom stereocenters. The summed E-state index contributed by atoms with van der Waals surface area (Å²) in [4.78, 5) is 27.9. The predicted octanol–water partition coefficient (Wildman–Crippen LogP) is 3.22. The first-order chi connectivity index (χ1) is 9.49. The number of anilines is 1. The molecule has 0 bridgehead atoms. The van der Waals surface area contributed by atoms with E-state index in [1.54, 1.807) is 17.0 Å². The number of urea groups is 1. The van der Waals surface area contributed by atoms with E-state index < -0.39 is 0 Å². The quantitative estimate of drug-likeness (QED) is 0.746. The van der Waals surface area contributed by atoms with Crippen LogP contribution >= 0.6 is 11.6 Å². The largest absolute Gasteiger partial charge is 0.332 e. The van der Waals surface area contributed by atoms with Gasteiger partial charge in [-0.15, -0.1) is 0 Å². The SMILES string of the molecule is Cc1ccc(N2C(=O)C3CC(C)CCN3C2=O)cc1Cl. The van der Waals surface area contributed by atoms with Crippen molar-refractivity contribution < 1.29 is 9.59 Å². The van der Waals surface area contributed by atoms with Gasteiger partial charge >= 0.3 is 6.03 Å². The lowest BCUT2D eigenvalue weighted by Crippen LogP contribution is -2.41. The van der Waals surface area contributed by atoms with Crippen molar-refractivity contribution in [1.82, 2.24) is 4.90 Å². The third-order valence-electron chi connectivity index (χ3n) is 4.22. The van der Waals surface area contributed by atoms with E-state index in [0.29, 0.717) is 23.2 Å². The van der Waals surface area contributed by atoms with E-state index in [9.17, 15) is 9.59 Å². The molecule has 3 amide bonds. The van der Waals surface area contributed by atoms with Crippen molar-refractivity contribution in [1.29, 1.82) is 0 Å². The summed E-state index contributed by atoms with van der Waals surface area (Å²) in [6, 6.07) is 4.78. The molecule has 0 N–H and O–H groups in total. The average Bonchev–Trinajstić information content (AvgIpc) is 2.65. The highest BCUT2D eigenvalue weighted by Crippen LogP contribution is 2.34. The van der Waals surface area contributed by atoms with Gasteiger partial charge in [-0.1, -0.05) is 24.6 Å². The molecule has 4 nitrogen and oxygen atoms in total. The first-order valence-electron chi connectivity index (χ1n) is 6.89. The van der Waals surface area contributed by atoms with Crippen LogP contribution in [-0.4, -0.2) is 29.4 Å². The van der Waals surface area contributed by atoms with Crippen LogP contribution < -0.4 is 4.90 Å². The van der Waals surface area contributed by atoms with Crippen LogP contribution in [0.1, 0.15) is 25.3 Å². The van der Waals surface area contributed by atoms with Gasteiger partial charge < -0.3 is 4.90 Å². The van der Waals surface area contributed by atoms with Gasteiger partial charge in [-0.2, -0.15) is 0 Å². The molecule has 106 valence electrons. The molecule has 0 radical (unpaired) electrons. The Bertz CT molecular complexity index is 587. The second kappa shape index (κ2) is 4.77. The molecule has 2 aliphatic rings. The van der Waals surface area contributed by atoms with E-state index in [-0.39, 0.29) is 18.0 Å². The lowest BCUT2D eigenvalue weighted by atomic mass is 9.93. The Morgan fingerprint density at radius 2 is 2.05 bits per heavy atom. The summed E-state index contributed by atoms with van der Waals surface area (Å²) in [5.41, 5.74) is 1.50. The summed E-state index contributed by atoms with van der Waals surface area (Å²) < 4.78 is 0. The van der Waals surface area contributed by atoms with Crippen molar-refractivity contribution in [3.8, 4) is 0 Å². The summed E-state index contributed by atoms with van der Waals surface area (Å²) in [7, 11) is 0. The Morgan fingerprint density at radius 1 is 1.30 bits per heavy atom. The van der Waals surface area contributed by atoms with Crippen molar-refractivity contribution in [2.75, 3.05) is 11.4 Å². The van der Waals surface area contributed by atoms with E-state index in [2.05, 4.69) is 6.92 Å². The fourth-order valence-corrected chi connectivity index (χ4v) is 3.11. The van der Waals surface area contributed by atoms with Crippen LogP contribution in [0.2, 0.25) is 5.02 Å². The number of hydrogen-bond donors (Lipinski definition) is 0. The fraction of sp³-hybridized carbons (Fsp3) is 0.467. The van der Waals surface area contributed by atoms with Gasteiger partial charge in [0.05, 0.1) is 5.69 Å². The summed E-state index contributed by atoms with van der Waals surface area (Å²) >= 11 is 6.10. The minimum Gasteiger partial charge on any atom is -0.312 e. The average molecular weight is 293 g/mol. The molecule has 0 aromatic heterocycles. The molecular formula is C15H17ClN2O2. The Morgan fingerprint density at radius 3 is 2.75 bits per heavy atom. The number of aryl methyl sites for hydroxylation is 1. The van der Waals surface area contributed by atoms with Gasteiger partial charge in [-0.05, 0) is 43.4 Å². The number of carbonyl (C=O) groups is 2. The van der Waals surface area contributed by atoms with Gasteiger partial charge in [0, 0.05) is 11.6 Å². The zero-order chi connectivity index (χ0) is 14.4. The summed E-state index contributed by atoms with van der Waals surface area (Å²) in [6.07, 6.45) is 1.71. The highest BCUT2D eigenvalue weighted by Gasteiger charge is 2.47. The molecule has 2 heterocycles. The predicted molar refractivity (Wildman–Crippen MR) is 78.0 cm³/mol. The van der Waals surface area contributed by atoms with Gasteiger partial charge in [0.2, 0.25) is 0 Å². The van der Waals surface area contributed by atoms with Crippen LogP contribution in [0.3, 0.4) is 0 Å². The maximum Gasteiger partial charge on any atom is 0.332 e. The third kappa shape index (κ3) is 1.99. The van der Waals surface area contributed by atoms with E-state index in [1.807, 2.05) is 13.0 Å². The monoisotopic (exact) mass is 292 g/mol. The van der Waals surface area contributed by atoms with Crippen LogP contribution in [0.15, 0.2) is 18.2 Å². The van der Waals surface area contributed by atoms with Crippen LogP contribution in [0.4, 0.5) is 10.5 Å². The number of hydrogen-bond acceptors (Lipinski definition) is 2. The maximum absolute atomic E-state index is 12.5. The first-order valence-corrected chi connectivity index (χ1v) is 7.27. The van der Waals surface area contributed by atoms with Crippen molar-refractivity contribution in [3.05, 3.63) is 28.8 Å². The Labute approximate surface area is 123 Å². The number of imide groups is 1. The summed E-state index contributed by atoms with van der Waals surface area (Å²) in [5, 5.41) is 0.571. The summed E-state index contributed by atoms with van der Waals surface area (Å²) in [5.74, 6) is 0.357. The number of nitrogens with zero attached hydrogens (tertiary/aromatic N) is 2. The van der Waals surface area contributed by atoms with Crippen LogP contribution in [0.25, 0.3) is 0 Å². The van der Waals surface area contributed by atoms with E-state index >= 15 is 0 Å². The molecule has 1 aromatic rings. The van der Waals surface area contributed by atoms with E-state index in [1.165, 1.54) is 4.90 Å². The highest BCUT2D eigenvalue weighted by molar-refractivity contribution is 6.32. The topological polar surface area (TPSA) is 40.6 Å². The van der Waals surface area contributed by atoms with Gasteiger partial charge in [0.15, 0.2) is 0 Å². The zero-order valence-electron chi connectivity index (χ0n) is 11.6. The van der Waals surface area contributed by atoms with Crippen molar-refractivity contribution in [3.63, 3.8) is 0 Å². The molecular weight excluding hydrogens is 276 g/mol. The number of rotatable bonds is 1. The van der Waals surface area contributed by atoms with E-state index in [0.717, 1.165) is 18.4 Å². The number of fused-ring (bicyclic) bond motifs is 1. The van der Waals surface area contributed by atoms with Crippen LogP contribution in [-0.2, 0) is 4.79 Å². The smallest absolute Gasteiger partial charge is 0.312 e. The lowest BCUT2D eigenvalue weighted by Gasteiger charge is -2.30. The highest BCUT2D eigenvalue weighted by atomic mass is 35.5. The van der Waals surface area contributed by atoms with Gasteiger partial charge in [-0.25, -0.2) is 9.69 Å². The Kier molecular flexibility index (Phi) is 3.21. The second-order valence-corrected chi connectivity index (χ2v) is 6.14. The van der Waals surface area contributed by atoms with Crippen LogP contribution in [0.5, 0.6) is 0 Å². The van der Waals surface area contributed by atoms with Crippen molar-refractivity contribution in [2.24, 2.45) is 5.92 Å². The number of halogens is 1. The van der Waals surface area contributed by atoms with Crippen molar-refractivity contribution in [2.45, 2.75) is 32.7 Å². The molecule has 20 heavy (non-hydrogen) atoms. The third-order valence-corrected chi connectivity index (χ3v) is 4.63. The molecule has 5 heteroatoms. The van der Waals surface area contributed by atoms with Crippen molar-refractivity contribution >= 4 is 29.2 Å². The minimum absolute atomic E-state index is 0.124. The van der Waals surface area contributed by atoms with Gasteiger partial charge in [-0.3, -0.25) is 4.79 Å². The molecule has 0 saturated carbocycles. The molecule has 1 aromatic carbocycles.